The van der Waals surface area contributed by atoms with Crippen molar-refractivity contribution in [3.8, 4) is 0 Å². The van der Waals surface area contributed by atoms with E-state index in [0.29, 0.717) is 24.4 Å². The Kier molecular flexibility index (Phi) is 7.55. The molecule has 1 aromatic rings. The van der Waals surface area contributed by atoms with Crippen molar-refractivity contribution in [2.45, 2.75) is 75.8 Å². The second kappa shape index (κ2) is 9.77. The zero-order chi connectivity index (χ0) is 21.8. The van der Waals surface area contributed by atoms with E-state index in [1.165, 1.54) is 44.2 Å². The first-order chi connectivity index (χ1) is 14.3. The number of sulfonamides is 1. The molecule has 8 heteroatoms. The van der Waals surface area contributed by atoms with Crippen molar-refractivity contribution in [2.75, 3.05) is 25.0 Å². The molecule has 168 valence electrons. The molecule has 0 saturated heterocycles. The van der Waals surface area contributed by atoms with Crippen LogP contribution in [0, 0.1) is 5.41 Å². The van der Waals surface area contributed by atoms with Crippen molar-refractivity contribution in [3.63, 3.8) is 0 Å². The molecular formula is C22H35N3O4S. The van der Waals surface area contributed by atoms with Gasteiger partial charge in [0.25, 0.3) is 0 Å². The lowest BCUT2D eigenvalue weighted by atomic mass is 9.54. The van der Waals surface area contributed by atoms with E-state index in [2.05, 4.69) is 24.1 Å². The lowest BCUT2D eigenvalue weighted by Crippen LogP contribution is -2.66. The molecule has 2 fully saturated rings. The highest BCUT2D eigenvalue weighted by molar-refractivity contribution is 7.89. The number of hydrogen-bond donors (Lipinski definition) is 2. The molecule has 3 rings (SSSR count). The summed E-state index contributed by atoms with van der Waals surface area (Å²) in [7, 11) is -3.81. The molecule has 0 aliphatic heterocycles. The topological polar surface area (TPSA) is 102 Å². The maximum absolute atomic E-state index is 12.8. The van der Waals surface area contributed by atoms with Crippen LogP contribution in [0.15, 0.2) is 29.2 Å². The van der Waals surface area contributed by atoms with Crippen LogP contribution in [0.3, 0.4) is 0 Å². The Bertz CT molecular complexity index is 837. The summed E-state index contributed by atoms with van der Waals surface area (Å²) in [5.74, 6) is -0.138. The van der Waals surface area contributed by atoms with Gasteiger partial charge in [-0.15, -0.1) is 0 Å². The summed E-state index contributed by atoms with van der Waals surface area (Å²) in [6, 6.07) is 6.43. The van der Waals surface area contributed by atoms with Gasteiger partial charge in [0.2, 0.25) is 15.9 Å². The second-order valence-electron chi connectivity index (χ2n) is 8.58. The van der Waals surface area contributed by atoms with Crippen molar-refractivity contribution in [2.24, 2.45) is 10.6 Å². The van der Waals surface area contributed by atoms with Gasteiger partial charge in [-0.3, -0.25) is 9.69 Å². The van der Waals surface area contributed by atoms with E-state index in [0.717, 1.165) is 26.0 Å². The van der Waals surface area contributed by atoms with E-state index >= 15 is 0 Å². The molecule has 1 amide bonds. The summed E-state index contributed by atoms with van der Waals surface area (Å²) in [6.07, 6.45) is 8.31. The van der Waals surface area contributed by atoms with Gasteiger partial charge in [-0.25, -0.2) is 13.6 Å². The van der Waals surface area contributed by atoms with Crippen LogP contribution in [-0.2, 0) is 19.6 Å². The Labute approximate surface area is 180 Å². The summed E-state index contributed by atoms with van der Waals surface area (Å²) in [5, 5.41) is 8.04. The predicted octanol–water partition coefficient (Wildman–Crippen LogP) is 3.11. The smallest absolute Gasteiger partial charge is 0.238 e. The van der Waals surface area contributed by atoms with Crippen LogP contribution in [0.1, 0.15) is 58.8 Å². The normalized spacial score (nSPS) is 23.3. The van der Waals surface area contributed by atoms with E-state index in [4.69, 9.17) is 9.88 Å². The summed E-state index contributed by atoms with van der Waals surface area (Å²) in [4.78, 5) is 15.1. The molecule has 0 radical (unpaired) electrons. The van der Waals surface area contributed by atoms with Gasteiger partial charge in [-0.05, 0) is 57.4 Å². The third-order valence-corrected chi connectivity index (χ3v) is 7.55. The van der Waals surface area contributed by atoms with Crippen LogP contribution >= 0.6 is 0 Å². The van der Waals surface area contributed by atoms with E-state index in [1.54, 1.807) is 12.1 Å². The number of nitrogens with two attached hydrogens (primary N) is 1. The van der Waals surface area contributed by atoms with Crippen LogP contribution < -0.4 is 10.5 Å². The Hall–Kier alpha value is -1.48. The van der Waals surface area contributed by atoms with Gasteiger partial charge in [0.1, 0.15) is 0 Å². The molecule has 2 aliphatic rings. The molecule has 30 heavy (non-hydrogen) atoms. The van der Waals surface area contributed by atoms with Crippen molar-refractivity contribution < 1.29 is 17.9 Å². The first kappa shape index (κ1) is 23.2. The van der Waals surface area contributed by atoms with Crippen molar-refractivity contribution in [1.82, 2.24) is 4.90 Å². The van der Waals surface area contributed by atoms with E-state index in [9.17, 15) is 13.2 Å². The average Bonchev–Trinajstić information content (AvgIpc) is 2.71. The average molecular weight is 438 g/mol. The zero-order valence-electron chi connectivity index (χ0n) is 18.1. The number of carbonyl (C=O) groups excluding carboxylic acids is 1. The molecule has 2 aliphatic carbocycles. The molecule has 3 N–H and O–H groups in total. The molecule has 0 bridgehead atoms. The lowest BCUT2D eigenvalue weighted by molar-refractivity contribution is -0.183. The minimum atomic E-state index is -3.81. The van der Waals surface area contributed by atoms with Crippen LogP contribution in [-0.4, -0.2) is 51.1 Å². The number of carbonyl (C=O) groups is 1. The molecule has 2 atom stereocenters. The van der Waals surface area contributed by atoms with Gasteiger partial charge >= 0.3 is 0 Å². The molecule has 0 heterocycles. The van der Waals surface area contributed by atoms with Crippen molar-refractivity contribution in [1.29, 1.82) is 0 Å². The van der Waals surface area contributed by atoms with Crippen molar-refractivity contribution in [3.05, 3.63) is 24.3 Å². The third kappa shape index (κ3) is 5.04. The third-order valence-electron chi connectivity index (χ3n) is 6.64. The number of amides is 1. The summed E-state index contributed by atoms with van der Waals surface area (Å²) in [6.45, 7) is 6.06. The van der Waals surface area contributed by atoms with Crippen LogP contribution in [0.4, 0.5) is 5.69 Å². The van der Waals surface area contributed by atoms with Gasteiger partial charge < -0.3 is 10.1 Å². The van der Waals surface area contributed by atoms with Crippen LogP contribution in [0.5, 0.6) is 0 Å². The largest absolute Gasteiger partial charge is 0.378 e. The Balaban J connectivity index is 1.70. The highest BCUT2D eigenvalue weighted by Gasteiger charge is 2.57. The fourth-order valence-corrected chi connectivity index (χ4v) is 5.87. The minimum absolute atomic E-state index is 0.00887. The zero-order valence-corrected chi connectivity index (χ0v) is 18.9. The number of hydrogen-bond acceptors (Lipinski definition) is 5. The number of nitrogens with one attached hydrogen (secondary N) is 1. The van der Waals surface area contributed by atoms with Crippen LogP contribution in [0.2, 0.25) is 0 Å². The maximum Gasteiger partial charge on any atom is 0.238 e. The first-order valence-corrected chi connectivity index (χ1v) is 12.6. The van der Waals surface area contributed by atoms with E-state index < -0.39 is 10.0 Å². The number of anilines is 1. The first-order valence-electron chi connectivity index (χ1n) is 11.1. The SMILES string of the molecule is CCCN(CC(=O)Nc1cccc(S(N)(=O)=O)c1)[C@H]1C[C@@H](OCC)C12CCCCC2. The molecule has 7 nitrogen and oxygen atoms in total. The fourth-order valence-electron chi connectivity index (χ4n) is 5.31. The number of rotatable bonds is 9. The fraction of sp³-hybridized carbons (Fsp3) is 0.682. The standard InChI is InChI=1S/C22H35N3O4S/c1-3-13-25(19-15-20(29-4-2)22(19)11-6-5-7-12-22)16-21(26)24-17-9-8-10-18(14-17)30(23,27)28/h8-10,14,19-20H,3-7,11-13,15-16H2,1-2H3,(H,24,26)(H2,23,27,28)/t19-,20+/m0/s1. The number of nitrogens with zero attached hydrogens (tertiary/aromatic N) is 1. The monoisotopic (exact) mass is 437 g/mol. The van der Waals surface area contributed by atoms with E-state index in [-0.39, 0.29) is 16.2 Å². The minimum Gasteiger partial charge on any atom is -0.378 e. The predicted molar refractivity (Wildman–Crippen MR) is 118 cm³/mol. The van der Waals surface area contributed by atoms with Gasteiger partial charge in [-0.1, -0.05) is 32.3 Å². The number of benzene rings is 1. The second-order valence-corrected chi connectivity index (χ2v) is 10.1. The molecular weight excluding hydrogens is 402 g/mol. The lowest BCUT2D eigenvalue weighted by Gasteiger charge is -2.60. The molecule has 0 aromatic heterocycles. The number of ether oxygens (including phenoxy) is 1. The highest BCUT2D eigenvalue weighted by atomic mass is 32.2. The Morgan fingerprint density at radius 3 is 2.63 bits per heavy atom. The molecule has 1 aromatic carbocycles. The van der Waals surface area contributed by atoms with Gasteiger partial charge in [-0.2, -0.15) is 0 Å². The molecule has 1 spiro atoms. The Morgan fingerprint density at radius 1 is 1.27 bits per heavy atom. The highest BCUT2D eigenvalue weighted by Crippen LogP contribution is 2.55. The van der Waals surface area contributed by atoms with Gasteiger partial charge in [0.05, 0.1) is 17.5 Å². The quantitative estimate of drug-likeness (QED) is 0.618. The maximum atomic E-state index is 12.8. The summed E-state index contributed by atoms with van der Waals surface area (Å²) >= 11 is 0. The summed E-state index contributed by atoms with van der Waals surface area (Å²) < 4.78 is 29.2. The van der Waals surface area contributed by atoms with Gasteiger partial charge in [0.15, 0.2) is 0 Å². The summed E-state index contributed by atoms with van der Waals surface area (Å²) in [5.41, 5.74) is 0.605. The van der Waals surface area contributed by atoms with Crippen LogP contribution in [0.25, 0.3) is 0 Å². The van der Waals surface area contributed by atoms with Crippen molar-refractivity contribution >= 4 is 21.6 Å². The van der Waals surface area contributed by atoms with Gasteiger partial charge in [0, 0.05) is 23.8 Å². The Morgan fingerprint density at radius 2 is 2.00 bits per heavy atom. The number of primary sulfonamides is 1. The van der Waals surface area contributed by atoms with E-state index in [1.807, 2.05) is 0 Å². The molecule has 0 unspecified atom stereocenters. The molecule has 2 saturated carbocycles.